The highest BCUT2D eigenvalue weighted by Crippen LogP contribution is 2.62. The van der Waals surface area contributed by atoms with Gasteiger partial charge in [0.2, 0.25) is 0 Å². The summed E-state index contributed by atoms with van der Waals surface area (Å²) < 4.78 is 0. The Balaban J connectivity index is 1.81. The molecule has 2 saturated carbocycles. The third kappa shape index (κ3) is 1.66. The number of aliphatic hydroxyl groups is 1. The summed E-state index contributed by atoms with van der Waals surface area (Å²) in [5.74, 6) is 1.27. The lowest BCUT2D eigenvalue weighted by Crippen LogP contribution is -2.55. The van der Waals surface area contributed by atoms with Crippen LogP contribution in [0, 0.1) is 28.6 Å². The molecule has 4 aliphatic rings. The molecule has 0 spiro atoms. The van der Waals surface area contributed by atoms with Crippen molar-refractivity contribution in [2.24, 2.45) is 28.6 Å². The largest absolute Gasteiger partial charge is 0.393 e. The normalized spacial score (nSPS) is 50.2. The number of fused-ring (bicyclic) bond motifs is 5. The van der Waals surface area contributed by atoms with Crippen LogP contribution in [-0.2, 0) is 9.59 Å². The molecule has 0 aromatic rings. The molecular weight excluding hydrogens is 276 g/mol. The second-order valence-corrected chi connectivity index (χ2v) is 8.20. The summed E-state index contributed by atoms with van der Waals surface area (Å²) in [5, 5.41) is 10.9. The van der Waals surface area contributed by atoms with Crippen LogP contribution in [0.25, 0.3) is 0 Å². The lowest BCUT2D eigenvalue weighted by molar-refractivity contribution is -0.139. The molecule has 0 aromatic heterocycles. The van der Waals surface area contributed by atoms with Crippen molar-refractivity contribution in [1.82, 2.24) is 0 Å². The van der Waals surface area contributed by atoms with Gasteiger partial charge in [-0.25, -0.2) is 0 Å². The van der Waals surface area contributed by atoms with Crippen LogP contribution in [0.4, 0.5) is 0 Å². The summed E-state index contributed by atoms with van der Waals surface area (Å²) >= 11 is 0. The van der Waals surface area contributed by atoms with Gasteiger partial charge in [-0.15, -0.1) is 0 Å². The molecule has 0 heterocycles. The maximum atomic E-state index is 12.4. The van der Waals surface area contributed by atoms with Crippen LogP contribution in [0.15, 0.2) is 23.8 Å². The molecule has 0 bridgehead atoms. The number of carbonyl (C=O) groups is 2. The minimum Gasteiger partial charge on any atom is -0.393 e. The molecule has 2 fully saturated rings. The van der Waals surface area contributed by atoms with E-state index < -0.39 is 6.10 Å². The number of hydrogen-bond donors (Lipinski definition) is 1. The number of allylic oxidation sites excluding steroid dienone is 4. The number of aliphatic hydroxyl groups excluding tert-OH is 1. The first-order valence-electron chi connectivity index (χ1n) is 8.51. The first kappa shape index (κ1) is 14.4. The molecule has 1 unspecified atom stereocenters. The van der Waals surface area contributed by atoms with Gasteiger partial charge in [-0.2, -0.15) is 0 Å². The first-order chi connectivity index (χ1) is 10.4. The molecule has 3 heteroatoms. The minimum atomic E-state index is -0.458. The van der Waals surface area contributed by atoms with Crippen molar-refractivity contribution in [3.05, 3.63) is 23.8 Å². The van der Waals surface area contributed by atoms with Crippen LogP contribution >= 0.6 is 0 Å². The summed E-state index contributed by atoms with van der Waals surface area (Å²) in [6.45, 7) is 4.26. The Labute approximate surface area is 131 Å². The van der Waals surface area contributed by atoms with E-state index in [9.17, 15) is 14.7 Å². The van der Waals surface area contributed by atoms with E-state index in [-0.39, 0.29) is 28.4 Å². The van der Waals surface area contributed by atoms with Gasteiger partial charge in [-0.1, -0.05) is 26.0 Å². The van der Waals surface area contributed by atoms with Gasteiger partial charge in [-0.3, -0.25) is 9.59 Å². The smallest absolute Gasteiger partial charge is 0.156 e. The van der Waals surface area contributed by atoms with Crippen LogP contribution in [0.5, 0.6) is 0 Å². The minimum absolute atomic E-state index is 0.125. The quantitative estimate of drug-likeness (QED) is 0.748. The van der Waals surface area contributed by atoms with Crippen molar-refractivity contribution in [3.8, 4) is 0 Å². The molecular formula is C19H24O3. The van der Waals surface area contributed by atoms with Crippen molar-refractivity contribution < 1.29 is 14.7 Å². The van der Waals surface area contributed by atoms with Gasteiger partial charge in [0.1, 0.15) is 5.78 Å². The van der Waals surface area contributed by atoms with E-state index >= 15 is 0 Å². The van der Waals surface area contributed by atoms with Crippen LogP contribution in [0.3, 0.4) is 0 Å². The van der Waals surface area contributed by atoms with Gasteiger partial charge in [0.25, 0.3) is 0 Å². The molecule has 4 aliphatic carbocycles. The molecule has 6 atom stereocenters. The van der Waals surface area contributed by atoms with Gasteiger partial charge in [0.15, 0.2) is 5.78 Å². The molecule has 0 aliphatic heterocycles. The average Bonchev–Trinajstić information content (AvgIpc) is 2.75. The topological polar surface area (TPSA) is 54.4 Å². The number of ketones is 2. The molecule has 118 valence electrons. The highest BCUT2D eigenvalue weighted by atomic mass is 16.3. The fourth-order valence-electron chi connectivity index (χ4n) is 5.90. The fourth-order valence-corrected chi connectivity index (χ4v) is 5.90. The molecule has 0 saturated heterocycles. The highest BCUT2D eigenvalue weighted by Gasteiger charge is 2.61. The van der Waals surface area contributed by atoms with Crippen molar-refractivity contribution in [2.45, 2.75) is 52.1 Å². The van der Waals surface area contributed by atoms with E-state index in [2.05, 4.69) is 26.0 Å². The van der Waals surface area contributed by atoms with E-state index in [0.717, 1.165) is 18.4 Å². The van der Waals surface area contributed by atoms with Gasteiger partial charge >= 0.3 is 0 Å². The Morgan fingerprint density at radius 2 is 1.95 bits per heavy atom. The average molecular weight is 300 g/mol. The molecule has 3 nitrogen and oxygen atoms in total. The zero-order valence-electron chi connectivity index (χ0n) is 13.3. The lowest BCUT2D eigenvalue weighted by Gasteiger charge is -2.56. The predicted octanol–water partition coefficient (Wildman–Crippen LogP) is 2.83. The van der Waals surface area contributed by atoms with Crippen molar-refractivity contribution in [3.63, 3.8) is 0 Å². The summed E-state index contributed by atoms with van der Waals surface area (Å²) in [6, 6.07) is 0. The third-order valence-electron chi connectivity index (χ3n) is 7.17. The summed E-state index contributed by atoms with van der Waals surface area (Å²) in [6.07, 6.45) is 9.17. The van der Waals surface area contributed by atoms with Crippen molar-refractivity contribution in [2.75, 3.05) is 0 Å². The van der Waals surface area contributed by atoms with E-state index in [0.29, 0.717) is 31.0 Å². The second-order valence-electron chi connectivity index (χ2n) is 8.20. The Morgan fingerprint density at radius 3 is 2.73 bits per heavy atom. The molecule has 22 heavy (non-hydrogen) atoms. The maximum Gasteiger partial charge on any atom is 0.156 e. The monoisotopic (exact) mass is 300 g/mol. The molecule has 0 radical (unpaired) electrons. The number of Topliss-reactive ketones (excluding diaryl/α,β-unsaturated/α-hetero) is 1. The Morgan fingerprint density at radius 1 is 1.18 bits per heavy atom. The zero-order chi connectivity index (χ0) is 15.7. The van der Waals surface area contributed by atoms with Crippen LogP contribution in [0.2, 0.25) is 0 Å². The zero-order valence-corrected chi connectivity index (χ0v) is 13.3. The maximum absolute atomic E-state index is 12.4. The Bertz CT molecular complexity index is 616. The number of carbonyl (C=O) groups excluding carboxylic acids is 2. The molecule has 1 N–H and O–H groups in total. The number of rotatable bonds is 0. The van der Waals surface area contributed by atoms with Gasteiger partial charge in [0.05, 0.1) is 6.10 Å². The SMILES string of the molecule is C[C@]12CCC(=O)C=C1C=C[C@@H]1C2[C@H](O)C[C@]2(C)C(=O)CC[C@@H]12. The van der Waals surface area contributed by atoms with Gasteiger partial charge in [-0.05, 0) is 48.2 Å². The second kappa shape index (κ2) is 4.41. The van der Waals surface area contributed by atoms with Gasteiger partial charge < -0.3 is 5.11 Å². The first-order valence-corrected chi connectivity index (χ1v) is 8.51. The molecule has 0 aromatic carbocycles. The Hall–Kier alpha value is -1.22. The fraction of sp³-hybridized carbons (Fsp3) is 0.684. The Kier molecular flexibility index (Phi) is 2.88. The third-order valence-corrected chi connectivity index (χ3v) is 7.17. The van der Waals surface area contributed by atoms with E-state index in [1.54, 1.807) is 6.08 Å². The molecule has 0 amide bonds. The van der Waals surface area contributed by atoms with Gasteiger partial charge in [0, 0.05) is 24.2 Å². The van der Waals surface area contributed by atoms with E-state index in [4.69, 9.17) is 0 Å². The highest BCUT2D eigenvalue weighted by molar-refractivity contribution is 5.92. The van der Waals surface area contributed by atoms with E-state index in [1.165, 1.54) is 0 Å². The lowest BCUT2D eigenvalue weighted by atomic mass is 9.48. The summed E-state index contributed by atoms with van der Waals surface area (Å²) in [4.78, 5) is 24.1. The summed E-state index contributed by atoms with van der Waals surface area (Å²) in [5.41, 5.74) is 0.601. The predicted molar refractivity (Wildman–Crippen MR) is 83.0 cm³/mol. The van der Waals surface area contributed by atoms with Crippen molar-refractivity contribution in [1.29, 1.82) is 0 Å². The van der Waals surface area contributed by atoms with Crippen LogP contribution < -0.4 is 0 Å². The van der Waals surface area contributed by atoms with Crippen LogP contribution in [0.1, 0.15) is 46.0 Å². The van der Waals surface area contributed by atoms with E-state index in [1.807, 2.05) is 0 Å². The standard InChI is InChI=1S/C19H24O3/c1-18-8-7-12(20)9-11(18)3-4-13-14-5-6-16(22)19(14,2)10-15(21)17(13)18/h3-4,9,13-15,17,21H,5-8,10H2,1-2H3/t13-,14-,15+,17?,18-,19-/m0/s1. The van der Waals surface area contributed by atoms with Crippen LogP contribution in [-0.4, -0.2) is 22.8 Å². The number of hydrogen-bond acceptors (Lipinski definition) is 3. The summed E-state index contributed by atoms with van der Waals surface area (Å²) in [7, 11) is 0. The van der Waals surface area contributed by atoms with Crippen molar-refractivity contribution >= 4 is 11.6 Å². The molecule has 4 rings (SSSR count).